The van der Waals surface area contributed by atoms with Crippen LogP contribution in [0, 0.1) is 0 Å². The highest BCUT2D eigenvalue weighted by Crippen LogP contribution is 2.27. The average Bonchev–Trinajstić information content (AvgIpc) is 2.77. The molecule has 2 aromatic carbocycles. The average molecular weight is 275 g/mol. The molecule has 0 spiro atoms. The quantitative estimate of drug-likeness (QED) is 0.755. The van der Waals surface area contributed by atoms with E-state index in [0.29, 0.717) is 16.1 Å². The van der Waals surface area contributed by atoms with Crippen LogP contribution in [0.3, 0.4) is 0 Å². The van der Waals surface area contributed by atoms with Crippen LogP contribution in [0.15, 0.2) is 51.7 Å². The zero-order valence-corrected chi connectivity index (χ0v) is 10.6. The molecular formula is C14H11ClN2O2. The molecule has 0 radical (unpaired) electrons. The van der Waals surface area contributed by atoms with Crippen LogP contribution in [0.4, 0.5) is 0 Å². The van der Waals surface area contributed by atoms with Gasteiger partial charge in [-0.1, -0.05) is 35.9 Å². The zero-order chi connectivity index (χ0) is 13.4. The molecule has 0 saturated heterocycles. The third-order valence-corrected chi connectivity index (χ3v) is 3.39. The molecule has 96 valence electrons. The summed E-state index contributed by atoms with van der Waals surface area (Å²) in [5.74, 6) is -0.474. The first-order valence-electron chi connectivity index (χ1n) is 5.78. The van der Waals surface area contributed by atoms with E-state index in [1.807, 2.05) is 24.3 Å². The first kappa shape index (κ1) is 12.0. The Kier molecular flexibility index (Phi) is 2.89. The Labute approximate surface area is 113 Å². The monoisotopic (exact) mass is 274 g/mol. The summed E-state index contributed by atoms with van der Waals surface area (Å²) >= 11 is 6.13. The van der Waals surface area contributed by atoms with Gasteiger partial charge in [-0.15, -0.1) is 0 Å². The van der Waals surface area contributed by atoms with Crippen molar-refractivity contribution in [2.75, 3.05) is 0 Å². The minimum Gasteiger partial charge on any atom is -0.408 e. The number of oxazole rings is 1. The fourth-order valence-corrected chi connectivity index (χ4v) is 2.32. The highest BCUT2D eigenvalue weighted by atomic mass is 35.5. The van der Waals surface area contributed by atoms with E-state index in [4.69, 9.17) is 21.8 Å². The lowest BCUT2D eigenvalue weighted by atomic mass is 9.99. The van der Waals surface area contributed by atoms with Crippen molar-refractivity contribution in [3.05, 3.63) is 69.2 Å². The Morgan fingerprint density at radius 3 is 2.79 bits per heavy atom. The van der Waals surface area contributed by atoms with Gasteiger partial charge in [-0.25, -0.2) is 4.79 Å². The maximum absolute atomic E-state index is 11.1. The molecule has 0 aliphatic carbocycles. The number of nitrogens with one attached hydrogen (secondary N) is 1. The van der Waals surface area contributed by atoms with Crippen LogP contribution in [0.1, 0.15) is 17.2 Å². The largest absolute Gasteiger partial charge is 0.417 e. The van der Waals surface area contributed by atoms with Crippen molar-refractivity contribution in [1.82, 2.24) is 4.98 Å². The predicted octanol–water partition coefficient (Wildman–Crippen LogP) is 2.82. The third kappa shape index (κ3) is 2.16. The molecule has 0 aliphatic rings. The molecule has 0 fully saturated rings. The van der Waals surface area contributed by atoms with Gasteiger partial charge in [0.25, 0.3) is 0 Å². The number of fused-ring (bicyclic) bond motifs is 1. The summed E-state index contributed by atoms with van der Waals surface area (Å²) < 4.78 is 5.03. The molecule has 1 heterocycles. The SMILES string of the molecule is NC(c1ccc2[nH]c(=O)oc2c1)c1ccccc1Cl. The molecular weight excluding hydrogens is 264 g/mol. The van der Waals surface area contributed by atoms with E-state index in [1.165, 1.54) is 0 Å². The van der Waals surface area contributed by atoms with Crippen LogP contribution in [0.2, 0.25) is 5.02 Å². The summed E-state index contributed by atoms with van der Waals surface area (Å²) in [6.45, 7) is 0. The van der Waals surface area contributed by atoms with Crippen molar-refractivity contribution < 1.29 is 4.42 Å². The van der Waals surface area contributed by atoms with Crippen molar-refractivity contribution in [2.24, 2.45) is 5.73 Å². The minimum atomic E-state index is -0.474. The second kappa shape index (κ2) is 4.57. The summed E-state index contributed by atoms with van der Waals surface area (Å²) in [6, 6.07) is 12.4. The van der Waals surface area contributed by atoms with Crippen LogP contribution in [0.5, 0.6) is 0 Å². The second-order valence-electron chi connectivity index (χ2n) is 4.27. The Balaban J connectivity index is 2.08. The lowest BCUT2D eigenvalue weighted by Gasteiger charge is -2.13. The molecule has 3 aromatic rings. The molecule has 4 nitrogen and oxygen atoms in total. The lowest BCUT2D eigenvalue weighted by Crippen LogP contribution is -2.12. The highest BCUT2D eigenvalue weighted by molar-refractivity contribution is 6.31. The van der Waals surface area contributed by atoms with Gasteiger partial charge in [0, 0.05) is 5.02 Å². The number of hydrogen-bond donors (Lipinski definition) is 2. The van der Waals surface area contributed by atoms with Gasteiger partial charge in [0.15, 0.2) is 5.58 Å². The summed E-state index contributed by atoms with van der Waals surface area (Å²) in [7, 11) is 0. The Morgan fingerprint density at radius 2 is 2.00 bits per heavy atom. The molecule has 19 heavy (non-hydrogen) atoms. The molecule has 0 aliphatic heterocycles. The molecule has 1 unspecified atom stereocenters. The van der Waals surface area contributed by atoms with Crippen molar-refractivity contribution in [3.8, 4) is 0 Å². The normalized spacial score (nSPS) is 12.7. The number of halogens is 1. The summed E-state index contributed by atoms with van der Waals surface area (Å²) in [4.78, 5) is 13.7. The Morgan fingerprint density at radius 1 is 1.21 bits per heavy atom. The van der Waals surface area contributed by atoms with E-state index in [9.17, 15) is 4.79 Å². The molecule has 0 amide bonds. The van der Waals surface area contributed by atoms with E-state index in [2.05, 4.69) is 4.98 Å². The standard InChI is InChI=1S/C14H11ClN2O2/c15-10-4-2-1-3-9(10)13(16)8-5-6-11-12(7-8)19-14(18)17-11/h1-7,13H,16H2,(H,17,18). The van der Waals surface area contributed by atoms with Crippen LogP contribution in [-0.4, -0.2) is 4.98 Å². The number of hydrogen-bond acceptors (Lipinski definition) is 3. The summed E-state index contributed by atoms with van der Waals surface area (Å²) in [5.41, 5.74) is 9.02. The van der Waals surface area contributed by atoms with Gasteiger partial charge in [-0.3, -0.25) is 4.98 Å². The van der Waals surface area contributed by atoms with Crippen LogP contribution >= 0.6 is 11.6 Å². The van der Waals surface area contributed by atoms with Gasteiger partial charge in [0.2, 0.25) is 0 Å². The molecule has 3 N–H and O–H groups in total. The maximum Gasteiger partial charge on any atom is 0.417 e. The summed E-state index contributed by atoms with van der Waals surface area (Å²) in [5, 5.41) is 0.616. The van der Waals surface area contributed by atoms with Crippen molar-refractivity contribution in [2.45, 2.75) is 6.04 Å². The maximum atomic E-state index is 11.1. The smallest absolute Gasteiger partial charge is 0.408 e. The molecule has 3 rings (SSSR count). The van der Waals surface area contributed by atoms with Crippen LogP contribution in [-0.2, 0) is 0 Å². The molecule has 0 saturated carbocycles. The number of aromatic nitrogens is 1. The number of nitrogens with two attached hydrogens (primary N) is 1. The molecule has 1 atom stereocenters. The molecule has 1 aromatic heterocycles. The minimum absolute atomic E-state index is 0.363. The number of benzene rings is 2. The summed E-state index contributed by atoms with van der Waals surface area (Å²) in [6.07, 6.45) is 0. The fourth-order valence-electron chi connectivity index (χ4n) is 2.06. The van der Waals surface area contributed by atoms with Crippen LogP contribution in [0.25, 0.3) is 11.1 Å². The topological polar surface area (TPSA) is 72.0 Å². The zero-order valence-electron chi connectivity index (χ0n) is 9.89. The second-order valence-corrected chi connectivity index (χ2v) is 4.68. The van der Waals surface area contributed by atoms with E-state index >= 15 is 0 Å². The number of aromatic amines is 1. The Hall–Kier alpha value is -2.04. The fraction of sp³-hybridized carbons (Fsp3) is 0.0714. The first-order chi connectivity index (χ1) is 9.15. The van der Waals surface area contributed by atoms with Crippen molar-refractivity contribution in [3.63, 3.8) is 0 Å². The predicted molar refractivity (Wildman–Crippen MR) is 74.3 cm³/mol. The molecule has 0 bridgehead atoms. The van der Waals surface area contributed by atoms with Gasteiger partial charge in [-0.2, -0.15) is 0 Å². The van der Waals surface area contributed by atoms with Crippen molar-refractivity contribution >= 4 is 22.7 Å². The third-order valence-electron chi connectivity index (χ3n) is 3.04. The lowest BCUT2D eigenvalue weighted by molar-refractivity contribution is 0.555. The number of H-pyrrole nitrogens is 1. The number of rotatable bonds is 2. The molecule has 5 heteroatoms. The van der Waals surface area contributed by atoms with E-state index < -0.39 is 5.76 Å². The van der Waals surface area contributed by atoms with Gasteiger partial charge in [0.05, 0.1) is 11.6 Å². The van der Waals surface area contributed by atoms with Gasteiger partial charge >= 0.3 is 5.76 Å². The van der Waals surface area contributed by atoms with Crippen LogP contribution < -0.4 is 11.5 Å². The first-order valence-corrected chi connectivity index (χ1v) is 6.16. The van der Waals surface area contributed by atoms with E-state index in [1.54, 1.807) is 18.2 Å². The van der Waals surface area contributed by atoms with E-state index in [0.717, 1.165) is 11.1 Å². The van der Waals surface area contributed by atoms with E-state index in [-0.39, 0.29) is 6.04 Å². The highest BCUT2D eigenvalue weighted by Gasteiger charge is 2.13. The van der Waals surface area contributed by atoms with Gasteiger partial charge in [0.1, 0.15) is 0 Å². The van der Waals surface area contributed by atoms with Gasteiger partial charge < -0.3 is 10.2 Å². The Bertz CT molecular complexity index is 791. The van der Waals surface area contributed by atoms with Gasteiger partial charge in [-0.05, 0) is 29.3 Å². The van der Waals surface area contributed by atoms with Crippen molar-refractivity contribution in [1.29, 1.82) is 0 Å².